The maximum Gasteiger partial charge on any atom is 0.256 e. The van der Waals surface area contributed by atoms with E-state index in [2.05, 4.69) is 4.43 Å². The second-order valence-corrected chi connectivity index (χ2v) is 5.50. The Hall–Kier alpha value is -1.03. The van der Waals surface area contributed by atoms with Gasteiger partial charge in [-0.15, -0.1) is 0 Å². The van der Waals surface area contributed by atoms with E-state index in [0.29, 0.717) is 12.5 Å². The summed E-state index contributed by atoms with van der Waals surface area (Å²) >= 11 is 0. The second-order valence-electron chi connectivity index (χ2n) is 4.06. The smallest absolute Gasteiger partial charge is 0.256 e. The largest absolute Gasteiger partial charge is 0.379 e. The van der Waals surface area contributed by atoms with E-state index in [4.69, 9.17) is 10.2 Å². The lowest BCUT2D eigenvalue weighted by atomic mass is 10.1. The minimum absolute atomic E-state index is 0.205. The number of benzene rings is 1. The van der Waals surface area contributed by atoms with Crippen molar-refractivity contribution in [1.29, 1.82) is 0 Å². The number of halogens is 5. The van der Waals surface area contributed by atoms with Gasteiger partial charge in [0.2, 0.25) is 5.82 Å². The van der Waals surface area contributed by atoms with Crippen molar-refractivity contribution < 1.29 is 36.6 Å². The minimum atomic E-state index is -2.17. The SMILES string of the molecule is OC(O)O[SiH2]CCCCc1c(F)c(F)c(F)c(F)c1F. The average Bonchev–Trinajstić information content (AvgIpc) is 2.41. The van der Waals surface area contributed by atoms with Gasteiger partial charge in [0.1, 0.15) is 0 Å². The summed E-state index contributed by atoms with van der Waals surface area (Å²) in [5.74, 6) is -9.66. The van der Waals surface area contributed by atoms with Crippen molar-refractivity contribution >= 4 is 9.76 Å². The van der Waals surface area contributed by atoms with Gasteiger partial charge in [-0.05, 0) is 18.9 Å². The van der Waals surface area contributed by atoms with Gasteiger partial charge >= 0.3 is 0 Å². The topological polar surface area (TPSA) is 49.7 Å². The van der Waals surface area contributed by atoms with Crippen LogP contribution in [0.3, 0.4) is 0 Å². The van der Waals surface area contributed by atoms with Gasteiger partial charge < -0.3 is 14.6 Å². The van der Waals surface area contributed by atoms with Crippen molar-refractivity contribution in [3.05, 3.63) is 34.6 Å². The van der Waals surface area contributed by atoms with Crippen molar-refractivity contribution in [3.8, 4) is 0 Å². The van der Waals surface area contributed by atoms with Crippen molar-refractivity contribution in [3.63, 3.8) is 0 Å². The van der Waals surface area contributed by atoms with Gasteiger partial charge in [-0.1, -0.05) is 6.42 Å². The zero-order valence-electron chi connectivity index (χ0n) is 10.3. The maximum absolute atomic E-state index is 13.3. The molecular weight excluding hydrogens is 303 g/mol. The molecule has 0 aliphatic heterocycles. The van der Waals surface area contributed by atoms with Gasteiger partial charge in [0, 0.05) is 5.56 Å². The summed E-state index contributed by atoms with van der Waals surface area (Å²) in [4.78, 5) is 0. The summed E-state index contributed by atoms with van der Waals surface area (Å²) < 4.78 is 69.6. The lowest BCUT2D eigenvalue weighted by molar-refractivity contribution is -0.180. The number of aliphatic hydroxyl groups excluding tert-OH is 1. The highest BCUT2D eigenvalue weighted by molar-refractivity contribution is 6.26. The molecule has 0 radical (unpaired) electrons. The molecule has 0 aromatic heterocycles. The second kappa shape index (κ2) is 7.67. The predicted molar refractivity (Wildman–Crippen MR) is 61.8 cm³/mol. The van der Waals surface area contributed by atoms with Gasteiger partial charge in [0.05, 0.1) is 0 Å². The number of rotatable bonds is 7. The van der Waals surface area contributed by atoms with Crippen molar-refractivity contribution in [2.75, 3.05) is 0 Å². The molecule has 3 nitrogen and oxygen atoms in total. The molecule has 0 fully saturated rings. The van der Waals surface area contributed by atoms with Crippen LogP contribution in [0.2, 0.25) is 6.04 Å². The molecule has 20 heavy (non-hydrogen) atoms. The van der Waals surface area contributed by atoms with Crippen LogP contribution < -0.4 is 0 Å². The van der Waals surface area contributed by atoms with Crippen molar-refractivity contribution in [2.24, 2.45) is 0 Å². The molecule has 114 valence electrons. The van der Waals surface area contributed by atoms with Gasteiger partial charge in [-0.25, -0.2) is 22.0 Å². The number of hydrogen-bond donors (Lipinski definition) is 2. The van der Waals surface area contributed by atoms with Gasteiger partial charge in [-0.3, -0.25) is 0 Å². The first-order chi connectivity index (χ1) is 9.36. The molecule has 0 amide bonds. The van der Waals surface area contributed by atoms with E-state index in [9.17, 15) is 22.0 Å². The molecule has 0 saturated heterocycles. The maximum atomic E-state index is 13.3. The molecule has 0 heterocycles. The average molecular weight is 316 g/mol. The van der Waals surface area contributed by atoms with E-state index in [1.54, 1.807) is 0 Å². The highest BCUT2D eigenvalue weighted by Gasteiger charge is 2.24. The van der Waals surface area contributed by atoms with Crippen LogP contribution in [0.5, 0.6) is 0 Å². The van der Waals surface area contributed by atoms with E-state index in [-0.39, 0.29) is 12.8 Å². The Kier molecular flexibility index (Phi) is 6.53. The van der Waals surface area contributed by atoms with Crippen LogP contribution in [0.25, 0.3) is 0 Å². The van der Waals surface area contributed by atoms with Crippen LogP contribution >= 0.6 is 0 Å². The van der Waals surface area contributed by atoms with E-state index in [1.165, 1.54) is 0 Å². The number of unbranched alkanes of at least 4 members (excludes halogenated alkanes) is 1. The fourth-order valence-electron chi connectivity index (χ4n) is 1.64. The summed E-state index contributed by atoms with van der Waals surface area (Å²) in [5, 5.41) is 16.8. The van der Waals surface area contributed by atoms with Crippen LogP contribution in [0.4, 0.5) is 22.0 Å². The Morgan fingerprint density at radius 3 is 1.85 bits per heavy atom. The van der Waals surface area contributed by atoms with Crippen LogP contribution in [-0.4, -0.2) is 26.5 Å². The molecule has 1 aromatic carbocycles. The van der Waals surface area contributed by atoms with E-state index < -0.39 is 50.9 Å². The standard InChI is InChI=1S/C11H13F5O3Si/c12-6-5(3-1-2-4-20-19-11(17)18)7(13)9(15)10(16)8(6)14/h11,17-18H,1-4,20H2. The van der Waals surface area contributed by atoms with Crippen LogP contribution in [0.1, 0.15) is 18.4 Å². The fourth-order valence-corrected chi connectivity index (χ4v) is 2.57. The summed E-state index contributed by atoms with van der Waals surface area (Å²) in [5.41, 5.74) is -0.828. The Labute approximate surface area is 113 Å². The third-order valence-corrected chi connectivity index (χ3v) is 3.96. The zero-order chi connectivity index (χ0) is 15.3. The fraction of sp³-hybridized carbons (Fsp3) is 0.455. The van der Waals surface area contributed by atoms with Crippen molar-refractivity contribution in [2.45, 2.75) is 31.8 Å². The zero-order valence-corrected chi connectivity index (χ0v) is 11.7. The quantitative estimate of drug-likeness (QED) is 0.200. The monoisotopic (exact) mass is 316 g/mol. The van der Waals surface area contributed by atoms with Gasteiger partial charge in [-0.2, -0.15) is 0 Å². The van der Waals surface area contributed by atoms with Gasteiger partial charge in [0.25, 0.3) is 6.48 Å². The minimum Gasteiger partial charge on any atom is -0.379 e. The molecule has 0 aliphatic carbocycles. The summed E-state index contributed by atoms with van der Waals surface area (Å²) in [7, 11) is -1.17. The van der Waals surface area contributed by atoms with Crippen LogP contribution in [0, 0.1) is 29.1 Å². The lowest BCUT2D eigenvalue weighted by Gasteiger charge is -2.08. The van der Waals surface area contributed by atoms with Crippen LogP contribution in [-0.2, 0) is 10.8 Å². The first kappa shape index (κ1) is 17.0. The highest BCUT2D eigenvalue weighted by Crippen LogP contribution is 2.24. The Morgan fingerprint density at radius 2 is 1.35 bits per heavy atom. The van der Waals surface area contributed by atoms with Crippen molar-refractivity contribution in [1.82, 2.24) is 0 Å². The third kappa shape index (κ3) is 4.23. The van der Waals surface area contributed by atoms with E-state index >= 15 is 0 Å². The summed E-state index contributed by atoms with van der Waals surface area (Å²) in [6.45, 7) is -1.84. The molecule has 0 unspecified atom stereocenters. The molecule has 0 spiro atoms. The molecule has 9 heteroatoms. The number of hydrogen-bond acceptors (Lipinski definition) is 3. The molecular formula is C11H13F5O3Si. The van der Waals surface area contributed by atoms with E-state index in [0.717, 1.165) is 0 Å². The molecule has 1 aromatic rings. The highest BCUT2D eigenvalue weighted by atomic mass is 28.2. The lowest BCUT2D eigenvalue weighted by Crippen LogP contribution is -2.13. The molecule has 1 rings (SSSR count). The number of aliphatic hydroxyl groups is 2. The Balaban J connectivity index is 2.57. The summed E-state index contributed by atoms with van der Waals surface area (Å²) in [6.07, 6.45) is 0.344. The summed E-state index contributed by atoms with van der Waals surface area (Å²) in [6, 6.07) is 0.493. The third-order valence-electron chi connectivity index (χ3n) is 2.64. The molecule has 0 aliphatic rings. The Bertz CT molecular complexity index is 441. The molecule has 0 atom stereocenters. The van der Waals surface area contributed by atoms with Gasteiger partial charge in [0.15, 0.2) is 33.0 Å². The first-order valence-corrected chi connectivity index (χ1v) is 7.42. The predicted octanol–water partition coefficient (Wildman–Crippen LogP) is 1.49. The Morgan fingerprint density at radius 1 is 0.850 bits per heavy atom. The normalized spacial score (nSPS) is 12.0. The molecule has 2 N–H and O–H groups in total. The van der Waals surface area contributed by atoms with E-state index in [1.807, 2.05) is 0 Å². The molecule has 0 saturated carbocycles. The van der Waals surface area contributed by atoms with Crippen LogP contribution in [0.15, 0.2) is 0 Å². The first-order valence-electron chi connectivity index (χ1n) is 5.84. The molecule has 0 bridgehead atoms.